The van der Waals surface area contributed by atoms with E-state index in [1.165, 1.54) is 0 Å². The van der Waals surface area contributed by atoms with Gasteiger partial charge in [-0.1, -0.05) is 72.3 Å². The minimum atomic E-state index is -0.205. The van der Waals surface area contributed by atoms with Crippen LogP contribution in [0.5, 0.6) is 0 Å². The molecule has 0 saturated carbocycles. The van der Waals surface area contributed by atoms with E-state index < -0.39 is 0 Å². The van der Waals surface area contributed by atoms with E-state index in [9.17, 15) is 9.59 Å². The van der Waals surface area contributed by atoms with E-state index in [1.54, 1.807) is 18.2 Å². The fraction of sp³-hybridized carbons (Fsp3) is 0.200. The first kappa shape index (κ1) is 21.6. The lowest BCUT2D eigenvalue weighted by Gasteiger charge is -2.18. The molecule has 3 rings (SSSR count). The number of rotatable bonds is 7. The van der Waals surface area contributed by atoms with Gasteiger partial charge in [0.05, 0.1) is 10.7 Å². The highest BCUT2D eigenvalue weighted by atomic mass is 35.5. The van der Waals surface area contributed by atoms with Gasteiger partial charge in [-0.05, 0) is 43.2 Å². The van der Waals surface area contributed by atoms with Crippen LogP contribution in [0.3, 0.4) is 0 Å². The Hall–Kier alpha value is -3.11. The minimum absolute atomic E-state index is 0.0173. The number of amides is 2. The fourth-order valence-electron chi connectivity index (χ4n) is 3.29. The molecule has 0 aliphatic rings. The molecular weight excluding hydrogens is 396 g/mol. The van der Waals surface area contributed by atoms with Crippen molar-refractivity contribution in [2.45, 2.75) is 32.2 Å². The van der Waals surface area contributed by atoms with Crippen LogP contribution in [-0.4, -0.2) is 17.9 Å². The van der Waals surface area contributed by atoms with Crippen LogP contribution >= 0.6 is 11.6 Å². The summed E-state index contributed by atoms with van der Waals surface area (Å²) in [6.45, 7) is 3.79. The quantitative estimate of drug-likeness (QED) is 0.519. The van der Waals surface area contributed by atoms with Gasteiger partial charge in [0.15, 0.2) is 0 Å². The average molecular weight is 421 g/mol. The standard InChI is InChI=1S/C25H25ClN2O2/c1-17(2)27-25(30)20-13-14-22(26)23(15-20)28-24(29)16-21(18-9-5-3-6-10-18)19-11-7-4-8-12-19/h3-15,17,21H,16H2,1-2H3,(H,27,30)(H,28,29). The summed E-state index contributed by atoms with van der Waals surface area (Å²) in [5.41, 5.74) is 3.01. The molecular formula is C25H25ClN2O2. The van der Waals surface area contributed by atoms with Crippen LogP contribution in [0.4, 0.5) is 5.69 Å². The van der Waals surface area contributed by atoms with E-state index in [0.29, 0.717) is 16.3 Å². The van der Waals surface area contributed by atoms with Gasteiger partial charge in [-0.2, -0.15) is 0 Å². The Morgan fingerprint density at radius 2 is 1.43 bits per heavy atom. The van der Waals surface area contributed by atoms with Crippen molar-refractivity contribution in [1.82, 2.24) is 5.32 Å². The zero-order valence-corrected chi connectivity index (χ0v) is 17.8. The largest absolute Gasteiger partial charge is 0.350 e. The molecule has 0 radical (unpaired) electrons. The van der Waals surface area contributed by atoms with Crippen molar-refractivity contribution in [2.24, 2.45) is 0 Å². The van der Waals surface area contributed by atoms with Crippen molar-refractivity contribution in [3.8, 4) is 0 Å². The van der Waals surface area contributed by atoms with Gasteiger partial charge < -0.3 is 10.6 Å². The van der Waals surface area contributed by atoms with Crippen molar-refractivity contribution in [3.63, 3.8) is 0 Å². The maximum Gasteiger partial charge on any atom is 0.251 e. The van der Waals surface area contributed by atoms with Crippen LogP contribution in [-0.2, 0) is 4.79 Å². The molecule has 3 aromatic rings. The molecule has 0 heterocycles. The smallest absolute Gasteiger partial charge is 0.251 e. The number of anilines is 1. The van der Waals surface area contributed by atoms with Crippen molar-refractivity contribution in [2.75, 3.05) is 5.32 Å². The number of nitrogens with one attached hydrogen (secondary N) is 2. The lowest BCUT2D eigenvalue weighted by Crippen LogP contribution is -2.30. The van der Waals surface area contributed by atoms with Crippen LogP contribution in [0.25, 0.3) is 0 Å². The van der Waals surface area contributed by atoms with Crippen molar-refractivity contribution in [1.29, 1.82) is 0 Å². The Morgan fingerprint density at radius 1 is 0.867 bits per heavy atom. The zero-order valence-electron chi connectivity index (χ0n) is 17.1. The molecule has 0 spiro atoms. The molecule has 2 amide bonds. The average Bonchev–Trinajstić information content (AvgIpc) is 2.74. The summed E-state index contributed by atoms with van der Waals surface area (Å²) in [7, 11) is 0. The van der Waals surface area contributed by atoms with E-state index in [4.69, 9.17) is 11.6 Å². The zero-order chi connectivity index (χ0) is 21.5. The maximum atomic E-state index is 12.9. The Kier molecular flexibility index (Phi) is 7.26. The number of hydrogen-bond donors (Lipinski definition) is 2. The summed E-state index contributed by atoms with van der Waals surface area (Å²) in [5, 5.41) is 6.11. The monoisotopic (exact) mass is 420 g/mol. The third-order valence-electron chi connectivity index (χ3n) is 4.72. The van der Waals surface area contributed by atoms with Crippen LogP contribution in [0.2, 0.25) is 5.02 Å². The van der Waals surface area contributed by atoms with E-state index in [-0.39, 0.29) is 30.2 Å². The molecule has 0 saturated heterocycles. The number of hydrogen-bond acceptors (Lipinski definition) is 2. The molecule has 4 nitrogen and oxygen atoms in total. The highest BCUT2D eigenvalue weighted by Gasteiger charge is 2.19. The molecule has 0 fully saturated rings. The third-order valence-corrected chi connectivity index (χ3v) is 5.05. The van der Waals surface area contributed by atoms with E-state index in [1.807, 2.05) is 74.5 Å². The maximum absolute atomic E-state index is 12.9. The summed E-state index contributed by atoms with van der Waals surface area (Å²) in [6.07, 6.45) is 0.257. The van der Waals surface area contributed by atoms with Crippen LogP contribution in [0, 0.1) is 0 Å². The summed E-state index contributed by atoms with van der Waals surface area (Å²) in [5.74, 6) is -0.460. The first-order chi connectivity index (χ1) is 14.4. The van der Waals surface area contributed by atoms with E-state index in [0.717, 1.165) is 11.1 Å². The Morgan fingerprint density at radius 3 is 1.97 bits per heavy atom. The molecule has 154 valence electrons. The first-order valence-electron chi connectivity index (χ1n) is 9.94. The molecule has 5 heteroatoms. The highest BCUT2D eigenvalue weighted by Crippen LogP contribution is 2.29. The fourth-order valence-corrected chi connectivity index (χ4v) is 3.46. The van der Waals surface area contributed by atoms with Gasteiger partial charge in [-0.15, -0.1) is 0 Å². The van der Waals surface area contributed by atoms with Crippen molar-refractivity contribution < 1.29 is 9.59 Å². The van der Waals surface area contributed by atoms with Crippen molar-refractivity contribution >= 4 is 29.1 Å². The lowest BCUT2D eigenvalue weighted by molar-refractivity contribution is -0.116. The summed E-state index contributed by atoms with van der Waals surface area (Å²) >= 11 is 6.27. The van der Waals surface area contributed by atoms with Crippen LogP contribution in [0.15, 0.2) is 78.9 Å². The summed E-state index contributed by atoms with van der Waals surface area (Å²) < 4.78 is 0. The van der Waals surface area contributed by atoms with E-state index in [2.05, 4.69) is 10.6 Å². The van der Waals surface area contributed by atoms with Gasteiger partial charge >= 0.3 is 0 Å². The number of halogens is 1. The number of benzene rings is 3. The number of carbonyl (C=O) groups excluding carboxylic acids is 2. The Bertz CT molecular complexity index is 965. The molecule has 30 heavy (non-hydrogen) atoms. The van der Waals surface area contributed by atoms with Gasteiger partial charge in [-0.25, -0.2) is 0 Å². The van der Waals surface area contributed by atoms with Crippen molar-refractivity contribution in [3.05, 3.63) is 101 Å². The SMILES string of the molecule is CC(C)NC(=O)c1ccc(Cl)c(NC(=O)CC(c2ccccc2)c2ccccc2)c1. The predicted octanol–water partition coefficient (Wildman–Crippen LogP) is 5.64. The van der Waals surface area contributed by atoms with Gasteiger partial charge in [0.25, 0.3) is 5.91 Å². The molecule has 0 atom stereocenters. The molecule has 0 aliphatic carbocycles. The van der Waals surface area contributed by atoms with Crippen LogP contribution in [0.1, 0.15) is 47.7 Å². The Balaban J connectivity index is 1.80. The normalized spacial score (nSPS) is 10.8. The van der Waals surface area contributed by atoms with Gasteiger partial charge in [0, 0.05) is 23.9 Å². The molecule has 2 N–H and O–H groups in total. The van der Waals surface area contributed by atoms with Gasteiger partial charge in [0.2, 0.25) is 5.91 Å². The topological polar surface area (TPSA) is 58.2 Å². The minimum Gasteiger partial charge on any atom is -0.350 e. The summed E-state index contributed by atoms with van der Waals surface area (Å²) in [6, 6.07) is 24.8. The predicted molar refractivity (Wildman–Crippen MR) is 122 cm³/mol. The number of carbonyl (C=O) groups is 2. The lowest BCUT2D eigenvalue weighted by atomic mass is 9.88. The third kappa shape index (κ3) is 5.71. The Labute approximate surface area is 182 Å². The molecule has 3 aromatic carbocycles. The van der Waals surface area contributed by atoms with Gasteiger partial charge in [0.1, 0.15) is 0 Å². The molecule has 0 aliphatic heterocycles. The highest BCUT2D eigenvalue weighted by molar-refractivity contribution is 6.33. The second kappa shape index (κ2) is 10.1. The molecule has 0 unspecified atom stereocenters. The second-order valence-corrected chi connectivity index (χ2v) is 7.86. The summed E-state index contributed by atoms with van der Waals surface area (Å²) in [4.78, 5) is 25.2. The van der Waals surface area contributed by atoms with Gasteiger partial charge in [-0.3, -0.25) is 9.59 Å². The van der Waals surface area contributed by atoms with Crippen LogP contribution < -0.4 is 10.6 Å². The first-order valence-corrected chi connectivity index (χ1v) is 10.3. The molecule has 0 aromatic heterocycles. The second-order valence-electron chi connectivity index (χ2n) is 7.45. The molecule has 0 bridgehead atoms. The van der Waals surface area contributed by atoms with E-state index >= 15 is 0 Å².